The summed E-state index contributed by atoms with van der Waals surface area (Å²) in [5.41, 5.74) is 3.50. The number of anilines is 1. The summed E-state index contributed by atoms with van der Waals surface area (Å²) in [5, 5.41) is 13.1. The van der Waals surface area contributed by atoms with Crippen LogP contribution in [0.15, 0.2) is 29.6 Å². The molecule has 2 heterocycles. The van der Waals surface area contributed by atoms with Crippen molar-refractivity contribution >= 4 is 11.7 Å². The average molecular weight is 302 g/mol. The molecule has 3 rings (SSSR count). The van der Waals surface area contributed by atoms with Crippen molar-refractivity contribution in [2.45, 2.75) is 38.6 Å². The highest BCUT2D eigenvalue weighted by Gasteiger charge is 2.30. The van der Waals surface area contributed by atoms with Gasteiger partial charge in [-0.05, 0) is 49.8 Å². The van der Waals surface area contributed by atoms with Gasteiger partial charge in [-0.2, -0.15) is 0 Å². The Morgan fingerprint density at radius 3 is 3.09 bits per heavy atom. The van der Waals surface area contributed by atoms with Gasteiger partial charge in [-0.1, -0.05) is 6.07 Å². The number of carbonyl (C=O) groups is 1. The van der Waals surface area contributed by atoms with Crippen LogP contribution in [0.5, 0.6) is 5.75 Å². The molecular weight excluding hydrogens is 280 g/mol. The standard InChI is InChI=1S/C17H22N2O3/c1-3-22-17(21)14-6-4-5-12-9-11-7-8-13(20)10-15(11)19(2)16(12)18-14/h7-8,10,14,18,20H,3-6,9H2,1-2H3. The third-order valence-corrected chi connectivity index (χ3v) is 4.36. The highest BCUT2D eigenvalue weighted by Crippen LogP contribution is 2.36. The first kappa shape index (κ1) is 14.8. The van der Waals surface area contributed by atoms with Crippen LogP contribution in [0.3, 0.4) is 0 Å². The van der Waals surface area contributed by atoms with E-state index in [9.17, 15) is 9.90 Å². The molecule has 0 fully saturated rings. The van der Waals surface area contributed by atoms with Crippen molar-refractivity contribution in [3.05, 3.63) is 35.2 Å². The van der Waals surface area contributed by atoms with Crippen LogP contribution in [0.4, 0.5) is 5.69 Å². The molecule has 0 bridgehead atoms. The molecule has 1 aromatic carbocycles. The van der Waals surface area contributed by atoms with Gasteiger partial charge in [0.05, 0.1) is 6.61 Å². The Labute approximate surface area is 130 Å². The van der Waals surface area contributed by atoms with E-state index in [1.54, 1.807) is 12.1 Å². The van der Waals surface area contributed by atoms with Crippen LogP contribution in [0.1, 0.15) is 31.7 Å². The molecule has 1 aromatic rings. The normalized spacial score (nSPS) is 20.6. The number of fused-ring (bicyclic) bond motifs is 1. The Morgan fingerprint density at radius 2 is 2.32 bits per heavy atom. The summed E-state index contributed by atoms with van der Waals surface area (Å²) in [6.07, 6.45) is 3.58. The molecule has 0 radical (unpaired) electrons. The first-order chi connectivity index (χ1) is 10.6. The van der Waals surface area contributed by atoms with E-state index in [1.807, 2.05) is 24.9 Å². The van der Waals surface area contributed by atoms with Crippen LogP contribution < -0.4 is 10.2 Å². The minimum absolute atomic E-state index is 0.189. The molecule has 22 heavy (non-hydrogen) atoms. The fourth-order valence-corrected chi connectivity index (χ4v) is 3.27. The third-order valence-electron chi connectivity index (χ3n) is 4.36. The van der Waals surface area contributed by atoms with Crippen molar-refractivity contribution in [2.75, 3.05) is 18.6 Å². The molecule has 2 aliphatic heterocycles. The Hall–Kier alpha value is -2.17. The SMILES string of the molecule is CCOC(=O)C1CCCC2=C(N1)N(C)c1cc(O)ccc1C2. The van der Waals surface area contributed by atoms with Crippen molar-refractivity contribution in [1.29, 1.82) is 0 Å². The van der Waals surface area contributed by atoms with Gasteiger partial charge in [0, 0.05) is 18.8 Å². The number of nitrogens with zero attached hydrogens (tertiary/aromatic N) is 1. The predicted molar refractivity (Wildman–Crippen MR) is 84.6 cm³/mol. The lowest BCUT2D eigenvalue weighted by molar-refractivity contribution is -0.145. The molecule has 0 amide bonds. The fraction of sp³-hybridized carbons (Fsp3) is 0.471. The Balaban J connectivity index is 1.89. The number of hydrogen-bond donors (Lipinski definition) is 2. The van der Waals surface area contributed by atoms with Crippen LogP contribution in [0.25, 0.3) is 0 Å². The number of aromatic hydroxyl groups is 1. The second kappa shape index (κ2) is 5.91. The summed E-state index contributed by atoms with van der Waals surface area (Å²) in [5.74, 6) is 1.05. The number of rotatable bonds is 2. The maximum atomic E-state index is 12.1. The smallest absolute Gasteiger partial charge is 0.328 e. The quantitative estimate of drug-likeness (QED) is 0.821. The van der Waals surface area contributed by atoms with Crippen LogP contribution in [0.2, 0.25) is 0 Å². The molecule has 5 heteroatoms. The van der Waals surface area contributed by atoms with E-state index in [0.717, 1.165) is 37.2 Å². The molecule has 0 saturated carbocycles. The van der Waals surface area contributed by atoms with E-state index in [0.29, 0.717) is 6.61 Å². The van der Waals surface area contributed by atoms with Gasteiger partial charge in [-0.25, -0.2) is 4.79 Å². The van der Waals surface area contributed by atoms with Gasteiger partial charge in [-0.15, -0.1) is 0 Å². The zero-order valence-corrected chi connectivity index (χ0v) is 13.1. The maximum absolute atomic E-state index is 12.1. The highest BCUT2D eigenvalue weighted by atomic mass is 16.5. The summed E-state index contributed by atoms with van der Waals surface area (Å²) in [6.45, 7) is 2.22. The van der Waals surface area contributed by atoms with E-state index in [4.69, 9.17) is 4.74 Å². The number of nitrogens with one attached hydrogen (secondary N) is 1. The zero-order chi connectivity index (χ0) is 15.7. The lowest BCUT2D eigenvalue weighted by atomic mass is 9.95. The average Bonchev–Trinajstić information content (AvgIpc) is 2.71. The Bertz CT molecular complexity index is 624. The number of carbonyl (C=O) groups excluding carboxylic acids is 1. The molecule has 2 aliphatic rings. The number of phenols is 1. The number of benzene rings is 1. The molecule has 0 aromatic heterocycles. The molecule has 1 atom stereocenters. The topological polar surface area (TPSA) is 61.8 Å². The van der Waals surface area contributed by atoms with Crippen molar-refractivity contribution in [2.24, 2.45) is 0 Å². The van der Waals surface area contributed by atoms with Gasteiger partial charge in [0.25, 0.3) is 0 Å². The fourth-order valence-electron chi connectivity index (χ4n) is 3.27. The second-order valence-electron chi connectivity index (χ2n) is 5.84. The third kappa shape index (κ3) is 2.63. The van der Waals surface area contributed by atoms with Crippen LogP contribution in [-0.4, -0.2) is 30.8 Å². The van der Waals surface area contributed by atoms with Crippen molar-refractivity contribution < 1.29 is 14.6 Å². The molecule has 5 nitrogen and oxygen atoms in total. The van der Waals surface area contributed by atoms with Crippen LogP contribution >= 0.6 is 0 Å². The minimum atomic E-state index is -0.297. The molecule has 118 valence electrons. The van der Waals surface area contributed by atoms with Crippen molar-refractivity contribution in [1.82, 2.24) is 5.32 Å². The largest absolute Gasteiger partial charge is 0.508 e. The summed E-state index contributed by atoms with van der Waals surface area (Å²) in [4.78, 5) is 14.1. The van der Waals surface area contributed by atoms with Gasteiger partial charge in [0.2, 0.25) is 0 Å². The molecule has 0 saturated heterocycles. The summed E-state index contributed by atoms with van der Waals surface area (Å²) < 4.78 is 5.16. The molecule has 0 spiro atoms. The van der Waals surface area contributed by atoms with Crippen LogP contribution in [-0.2, 0) is 16.0 Å². The molecule has 0 aliphatic carbocycles. The van der Waals surface area contributed by atoms with Crippen LogP contribution in [0, 0.1) is 0 Å². The van der Waals surface area contributed by atoms with Gasteiger partial charge in [0.15, 0.2) is 0 Å². The van der Waals surface area contributed by atoms with Crippen molar-refractivity contribution in [3.8, 4) is 5.75 Å². The van der Waals surface area contributed by atoms with E-state index in [-0.39, 0.29) is 17.8 Å². The molecule has 2 N–H and O–H groups in total. The molecule has 1 unspecified atom stereocenters. The van der Waals surface area contributed by atoms with Crippen molar-refractivity contribution in [3.63, 3.8) is 0 Å². The van der Waals surface area contributed by atoms with Gasteiger partial charge in [0.1, 0.15) is 17.6 Å². The summed E-state index contributed by atoms with van der Waals surface area (Å²) in [7, 11) is 1.97. The predicted octanol–water partition coefficient (Wildman–Crippen LogP) is 2.30. The lowest BCUT2D eigenvalue weighted by Gasteiger charge is -2.33. The van der Waals surface area contributed by atoms with Gasteiger partial charge in [-0.3, -0.25) is 0 Å². The number of ether oxygens (including phenoxy) is 1. The van der Waals surface area contributed by atoms with Gasteiger partial charge < -0.3 is 20.1 Å². The van der Waals surface area contributed by atoms with E-state index >= 15 is 0 Å². The maximum Gasteiger partial charge on any atom is 0.328 e. The lowest BCUT2D eigenvalue weighted by Crippen LogP contribution is -2.42. The number of esters is 1. The Kier molecular flexibility index (Phi) is 3.96. The molecular formula is C17H22N2O3. The number of allylic oxidation sites excluding steroid dienone is 1. The Morgan fingerprint density at radius 1 is 1.50 bits per heavy atom. The first-order valence-electron chi connectivity index (χ1n) is 7.81. The number of phenolic OH excluding ortho intramolecular Hbond substituents is 1. The monoisotopic (exact) mass is 302 g/mol. The van der Waals surface area contributed by atoms with E-state index in [2.05, 4.69) is 5.32 Å². The zero-order valence-electron chi connectivity index (χ0n) is 13.1. The first-order valence-corrected chi connectivity index (χ1v) is 7.81. The van der Waals surface area contributed by atoms with E-state index < -0.39 is 0 Å². The minimum Gasteiger partial charge on any atom is -0.508 e. The highest BCUT2D eigenvalue weighted by molar-refractivity contribution is 5.77. The summed E-state index contributed by atoms with van der Waals surface area (Å²) in [6, 6.07) is 5.17. The number of hydrogen-bond acceptors (Lipinski definition) is 5. The van der Waals surface area contributed by atoms with E-state index in [1.165, 1.54) is 11.1 Å². The summed E-state index contributed by atoms with van der Waals surface area (Å²) >= 11 is 0. The second-order valence-corrected chi connectivity index (χ2v) is 5.84. The van der Waals surface area contributed by atoms with Gasteiger partial charge >= 0.3 is 5.97 Å².